The molecule has 7 heteroatoms. The molecule has 6 nitrogen and oxygen atoms in total. The highest BCUT2D eigenvalue weighted by molar-refractivity contribution is 7.54. The van der Waals surface area contributed by atoms with Gasteiger partial charge in [-0.05, 0) is 17.7 Å². The van der Waals surface area contributed by atoms with Crippen molar-refractivity contribution in [2.75, 3.05) is 14.2 Å². The standard InChI is InChI=1S/C17H20NO5P/c1-22-24(21,23-2)17(20)15(13-9-5-3-6-10-13)18-16(19)14-11-7-4-8-12-14/h3-12,15,17,20H,1-2H3,(H,18,19)/t15-,17-/m1/s1. The van der Waals surface area contributed by atoms with Gasteiger partial charge in [-0.25, -0.2) is 0 Å². The van der Waals surface area contributed by atoms with Crippen LogP contribution < -0.4 is 5.32 Å². The maximum Gasteiger partial charge on any atom is 0.360 e. The van der Waals surface area contributed by atoms with E-state index < -0.39 is 25.4 Å². The van der Waals surface area contributed by atoms with Crippen LogP contribution >= 0.6 is 7.60 Å². The number of nitrogens with one attached hydrogen (secondary N) is 1. The Labute approximate surface area is 141 Å². The van der Waals surface area contributed by atoms with Gasteiger partial charge in [-0.3, -0.25) is 9.36 Å². The first-order valence-electron chi connectivity index (χ1n) is 7.32. The lowest BCUT2D eigenvalue weighted by molar-refractivity contribution is 0.0876. The van der Waals surface area contributed by atoms with Gasteiger partial charge in [-0.2, -0.15) is 0 Å². The van der Waals surface area contributed by atoms with E-state index in [2.05, 4.69) is 5.32 Å². The van der Waals surface area contributed by atoms with Crippen molar-refractivity contribution in [2.24, 2.45) is 0 Å². The topological polar surface area (TPSA) is 84.9 Å². The second kappa shape index (κ2) is 8.22. The van der Waals surface area contributed by atoms with Crippen molar-refractivity contribution in [1.29, 1.82) is 0 Å². The minimum atomic E-state index is -3.80. The van der Waals surface area contributed by atoms with E-state index in [1.807, 2.05) is 0 Å². The molecule has 128 valence electrons. The van der Waals surface area contributed by atoms with Gasteiger partial charge in [0, 0.05) is 19.8 Å². The summed E-state index contributed by atoms with van der Waals surface area (Å²) in [5.74, 6) is -1.95. The van der Waals surface area contributed by atoms with E-state index in [9.17, 15) is 14.5 Å². The molecule has 2 N–H and O–H groups in total. The fourth-order valence-corrected chi connectivity index (χ4v) is 3.47. The molecule has 0 aromatic heterocycles. The molecule has 1 amide bonds. The molecule has 0 aliphatic rings. The third-order valence-corrected chi connectivity index (χ3v) is 5.58. The van der Waals surface area contributed by atoms with E-state index in [1.54, 1.807) is 60.7 Å². The average Bonchev–Trinajstić information content (AvgIpc) is 2.66. The smallest absolute Gasteiger partial charge is 0.360 e. The number of benzene rings is 2. The number of hydrogen-bond acceptors (Lipinski definition) is 5. The lowest BCUT2D eigenvalue weighted by atomic mass is 10.1. The highest BCUT2D eigenvalue weighted by Crippen LogP contribution is 2.54. The lowest BCUT2D eigenvalue weighted by Gasteiger charge is -2.28. The fourth-order valence-electron chi connectivity index (χ4n) is 2.28. The van der Waals surface area contributed by atoms with Crippen LogP contribution in [0.3, 0.4) is 0 Å². The molecule has 24 heavy (non-hydrogen) atoms. The van der Waals surface area contributed by atoms with Gasteiger partial charge in [-0.15, -0.1) is 0 Å². The van der Waals surface area contributed by atoms with Crippen LogP contribution in [0, 0.1) is 0 Å². The maximum atomic E-state index is 12.5. The molecule has 0 aliphatic carbocycles. The van der Waals surface area contributed by atoms with E-state index >= 15 is 0 Å². The Hall–Kier alpha value is -1.98. The highest BCUT2D eigenvalue weighted by atomic mass is 31.2. The largest absolute Gasteiger partial charge is 0.378 e. The molecule has 2 aromatic rings. The molecule has 0 heterocycles. The normalized spacial score (nSPS) is 14.0. The summed E-state index contributed by atoms with van der Waals surface area (Å²) in [5.41, 5.74) is 1.01. The zero-order chi connectivity index (χ0) is 17.6. The lowest BCUT2D eigenvalue weighted by Crippen LogP contribution is -2.36. The summed E-state index contributed by atoms with van der Waals surface area (Å²) >= 11 is 0. The molecule has 2 rings (SSSR count). The number of aliphatic hydroxyl groups excluding tert-OH is 1. The van der Waals surface area contributed by atoms with Crippen molar-refractivity contribution in [3.63, 3.8) is 0 Å². The van der Waals surface area contributed by atoms with Gasteiger partial charge in [0.15, 0.2) is 5.85 Å². The molecule has 0 spiro atoms. The predicted octanol–water partition coefficient (Wildman–Crippen LogP) is 2.96. The third kappa shape index (κ3) is 4.10. The molecule has 0 fully saturated rings. The van der Waals surface area contributed by atoms with Gasteiger partial charge in [0.05, 0.1) is 6.04 Å². The van der Waals surface area contributed by atoms with Crippen molar-refractivity contribution >= 4 is 13.5 Å². The van der Waals surface area contributed by atoms with Crippen molar-refractivity contribution in [2.45, 2.75) is 11.9 Å². The molecule has 0 bridgehead atoms. The number of carbonyl (C=O) groups excluding carboxylic acids is 1. The second-order valence-corrected chi connectivity index (χ2v) is 7.39. The maximum absolute atomic E-state index is 12.5. The Bertz CT molecular complexity index is 699. The van der Waals surface area contributed by atoms with Gasteiger partial charge in [0.25, 0.3) is 5.91 Å². The number of hydrogen-bond donors (Lipinski definition) is 2. The monoisotopic (exact) mass is 349 g/mol. The van der Waals surface area contributed by atoms with Crippen LogP contribution in [0.4, 0.5) is 0 Å². The van der Waals surface area contributed by atoms with E-state index in [0.29, 0.717) is 11.1 Å². The summed E-state index contributed by atoms with van der Waals surface area (Å²) in [6, 6.07) is 16.4. The summed E-state index contributed by atoms with van der Waals surface area (Å²) in [6.07, 6.45) is 0. The van der Waals surface area contributed by atoms with Crippen LogP contribution in [-0.2, 0) is 13.6 Å². The Balaban J connectivity index is 2.34. The number of amides is 1. The Morgan fingerprint density at radius 1 is 1.00 bits per heavy atom. The van der Waals surface area contributed by atoms with Crippen LogP contribution in [0.25, 0.3) is 0 Å². The zero-order valence-electron chi connectivity index (χ0n) is 13.5. The Morgan fingerprint density at radius 3 is 2.00 bits per heavy atom. The van der Waals surface area contributed by atoms with Gasteiger partial charge in [0.2, 0.25) is 0 Å². The van der Waals surface area contributed by atoms with Crippen LogP contribution in [-0.4, -0.2) is 31.1 Å². The minimum absolute atomic E-state index is 0.401. The van der Waals surface area contributed by atoms with Crippen molar-refractivity contribution in [3.8, 4) is 0 Å². The zero-order valence-corrected chi connectivity index (χ0v) is 14.4. The summed E-state index contributed by atoms with van der Waals surface area (Å²) in [5, 5.41) is 13.3. The van der Waals surface area contributed by atoms with E-state index in [4.69, 9.17) is 9.05 Å². The molecule has 2 atom stereocenters. The molecule has 2 aromatic carbocycles. The van der Waals surface area contributed by atoms with Crippen LogP contribution in [0.1, 0.15) is 22.0 Å². The van der Waals surface area contributed by atoms with Crippen LogP contribution in [0.2, 0.25) is 0 Å². The molecule has 0 aliphatic heterocycles. The summed E-state index contributed by atoms with van der Waals surface area (Å²) < 4.78 is 22.3. The van der Waals surface area contributed by atoms with E-state index in [0.717, 1.165) is 0 Å². The van der Waals surface area contributed by atoms with Crippen molar-refractivity contribution < 1.29 is 23.5 Å². The first kappa shape index (κ1) is 18.4. The van der Waals surface area contributed by atoms with Gasteiger partial charge in [0.1, 0.15) is 0 Å². The Kier molecular flexibility index (Phi) is 6.29. The molecule has 0 saturated carbocycles. The molecule has 0 unspecified atom stereocenters. The van der Waals surface area contributed by atoms with Gasteiger partial charge >= 0.3 is 7.60 Å². The van der Waals surface area contributed by atoms with E-state index in [1.165, 1.54) is 14.2 Å². The molecular formula is C17H20NO5P. The van der Waals surface area contributed by atoms with Gasteiger partial charge < -0.3 is 19.5 Å². The number of rotatable bonds is 7. The minimum Gasteiger partial charge on any atom is -0.378 e. The van der Waals surface area contributed by atoms with Crippen molar-refractivity contribution in [3.05, 3.63) is 71.8 Å². The average molecular weight is 349 g/mol. The highest BCUT2D eigenvalue weighted by Gasteiger charge is 2.40. The summed E-state index contributed by atoms with van der Waals surface area (Å²) in [4.78, 5) is 12.4. The van der Waals surface area contributed by atoms with Crippen molar-refractivity contribution in [1.82, 2.24) is 5.32 Å². The fraction of sp³-hybridized carbons (Fsp3) is 0.235. The second-order valence-electron chi connectivity index (χ2n) is 5.05. The first-order valence-corrected chi connectivity index (χ1v) is 8.93. The van der Waals surface area contributed by atoms with Gasteiger partial charge in [-0.1, -0.05) is 48.5 Å². The summed E-state index contributed by atoms with van der Waals surface area (Å²) in [7, 11) is -1.42. The Morgan fingerprint density at radius 2 is 1.50 bits per heavy atom. The van der Waals surface area contributed by atoms with Crippen LogP contribution in [0.15, 0.2) is 60.7 Å². The first-order chi connectivity index (χ1) is 11.5. The summed E-state index contributed by atoms with van der Waals surface area (Å²) in [6.45, 7) is 0. The number of carbonyl (C=O) groups is 1. The SMILES string of the molecule is COP(=O)(OC)[C@@H](O)[C@H](NC(=O)c1ccccc1)c1ccccc1. The van der Waals surface area contributed by atoms with Crippen LogP contribution in [0.5, 0.6) is 0 Å². The van der Waals surface area contributed by atoms with E-state index in [-0.39, 0.29) is 0 Å². The third-order valence-electron chi connectivity index (χ3n) is 3.61. The quantitative estimate of drug-likeness (QED) is 0.751. The molecule has 0 saturated heterocycles. The predicted molar refractivity (Wildman–Crippen MR) is 90.7 cm³/mol. The molecule has 0 radical (unpaired) electrons. The molecular weight excluding hydrogens is 329 g/mol. The number of aliphatic hydroxyl groups is 1.